The molecule has 1 rings (SSSR count). The highest BCUT2D eigenvalue weighted by atomic mass is 16.5. The topological polar surface area (TPSA) is 46.5 Å². The lowest BCUT2D eigenvalue weighted by molar-refractivity contribution is -0.132. The van der Waals surface area contributed by atoms with Gasteiger partial charge in [-0.05, 0) is 31.8 Å². The van der Waals surface area contributed by atoms with Crippen molar-refractivity contribution in [1.29, 1.82) is 0 Å². The summed E-state index contributed by atoms with van der Waals surface area (Å²) in [4.78, 5) is 10.0. The maximum Gasteiger partial charge on any atom is 0.293 e. The number of aliphatic hydroxyl groups excluding tert-OH is 1. The molecule has 0 aliphatic heterocycles. The molecule has 1 aliphatic carbocycles. The number of hydrogen-bond donors (Lipinski definition) is 1. The first kappa shape index (κ1) is 9.26. The fraction of sp³-hybridized carbons (Fsp3) is 0.667. The fourth-order valence-electron chi connectivity index (χ4n) is 1.32. The minimum atomic E-state index is -0.243. The second-order valence-corrected chi connectivity index (χ2v) is 3.01. The van der Waals surface area contributed by atoms with Crippen molar-refractivity contribution in [1.82, 2.24) is 0 Å². The van der Waals surface area contributed by atoms with E-state index in [1.165, 1.54) is 0 Å². The molecule has 0 bridgehead atoms. The van der Waals surface area contributed by atoms with Crippen molar-refractivity contribution in [3.63, 3.8) is 0 Å². The molecule has 12 heavy (non-hydrogen) atoms. The summed E-state index contributed by atoms with van der Waals surface area (Å²) < 4.78 is 4.79. The normalized spacial score (nSPS) is 33.1. The van der Waals surface area contributed by atoms with E-state index in [-0.39, 0.29) is 12.2 Å². The Hall–Kier alpha value is -0.830. The Morgan fingerprint density at radius 3 is 3.00 bits per heavy atom. The molecular weight excluding hydrogens is 156 g/mol. The third-order valence-electron chi connectivity index (χ3n) is 2.03. The van der Waals surface area contributed by atoms with Gasteiger partial charge in [-0.15, -0.1) is 0 Å². The van der Waals surface area contributed by atoms with Crippen molar-refractivity contribution < 1.29 is 14.6 Å². The SMILES string of the molecule is O=CO[C@H]1/C=C/CCC(O)CC1. The van der Waals surface area contributed by atoms with Crippen LogP contribution in [0.25, 0.3) is 0 Å². The van der Waals surface area contributed by atoms with Crippen LogP contribution in [0, 0.1) is 0 Å². The first-order chi connectivity index (χ1) is 5.83. The summed E-state index contributed by atoms with van der Waals surface area (Å²) in [5.41, 5.74) is 0. The molecule has 3 nitrogen and oxygen atoms in total. The van der Waals surface area contributed by atoms with Crippen LogP contribution < -0.4 is 0 Å². The summed E-state index contributed by atoms with van der Waals surface area (Å²) in [6.45, 7) is 0.461. The zero-order valence-corrected chi connectivity index (χ0v) is 6.98. The van der Waals surface area contributed by atoms with E-state index >= 15 is 0 Å². The number of carbonyl (C=O) groups excluding carboxylic acids is 1. The smallest absolute Gasteiger partial charge is 0.293 e. The van der Waals surface area contributed by atoms with E-state index in [2.05, 4.69) is 0 Å². The molecule has 0 saturated heterocycles. The highest BCUT2D eigenvalue weighted by Crippen LogP contribution is 2.14. The molecule has 1 aliphatic rings. The summed E-state index contributed by atoms with van der Waals surface area (Å²) in [5.74, 6) is 0. The maximum absolute atomic E-state index is 10.0. The highest BCUT2D eigenvalue weighted by Gasteiger charge is 2.11. The highest BCUT2D eigenvalue weighted by molar-refractivity contribution is 5.38. The first-order valence-electron chi connectivity index (χ1n) is 4.26. The number of hydrogen-bond acceptors (Lipinski definition) is 3. The molecule has 0 radical (unpaired) electrons. The number of rotatable bonds is 2. The van der Waals surface area contributed by atoms with Gasteiger partial charge in [-0.3, -0.25) is 4.79 Å². The second kappa shape index (κ2) is 4.93. The van der Waals surface area contributed by atoms with E-state index in [9.17, 15) is 9.90 Å². The van der Waals surface area contributed by atoms with E-state index in [0.717, 1.165) is 19.3 Å². The quantitative estimate of drug-likeness (QED) is 0.497. The summed E-state index contributed by atoms with van der Waals surface area (Å²) in [5, 5.41) is 9.32. The third-order valence-corrected chi connectivity index (χ3v) is 2.03. The average Bonchev–Trinajstić information content (AvgIpc) is 2.04. The van der Waals surface area contributed by atoms with Crippen molar-refractivity contribution in [2.24, 2.45) is 0 Å². The van der Waals surface area contributed by atoms with E-state index in [1.54, 1.807) is 0 Å². The average molecular weight is 170 g/mol. The lowest BCUT2D eigenvalue weighted by atomic mass is 10.0. The van der Waals surface area contributed by atoms with Crippen LogP contribution in [-0.4, -0.2) is 23.8 Å². The van der Waals surface area contributed by atoms with Gasteiger partial charge in [0.25, 0.3) is 6.47 Å². The number of aliphatic hydroxyl groups is 1. The van der Waals surface area contributed by atoms with Gasteiger partial charge < -0.3 is 9.84 Å². The van der Waals surface area contributed by atoms with E-state index in [0.29, 0.717) is 12.9 Å². The molecule has 1 N–H and O–H groups in total. The van der Waals surface area contributed by atoms with Gasteiger partial charge >= 0.3 is 0 Å². The number of allylic oxidation sites excluding steroid dienone is 1. The van der Waals surface area contributed by atoms with Crippen molar-refractivity contribution in [3.05, 3.63) is 12.2 Å². The molecule has 3 heteroatoms. The van der Waals surface area contributed by atoms with Crippen LogP contribution in [0.5, 0.6) is 0 Å². The third kappa shape index (κ3) is 3.05. The Kier molecular flexibility index (Phi) is 3.80. The minimum Gasteiger partial charge on any atom is -0.460 e. The molecule has 1 unspecified atom stereocenters. The lowest BCUT2D eigenvalue weighted by Crippen LogP contribution is -2.16. The van der Waals surface area contributed by atoms with Crippen LogP contribution in [0.15, 0.2) is 12.2 Å². The summed E-state index contributed by atoms with van der Waals surface area (Å²) in [7, 11) is 0. The van der Waals surface area contributed by atoms with Crippen LogP contribution in [0.1, 0.15) is 25.7 Å². The van der Waals surface area contributed by atoms with Gasteiger partial charge in [-0.1, -0.05) is 6.08 Å². The lowest BCUT2D eigenvalue weighted by Gasteiger charge is -2.16. The van der Waals surface area contributed by atoms with E-state index in [1.807, 2.05) is 12.2 Å². The zero-order chi connectivity index (χ0) is 8.81. The summed E-state index contributed by atoms with van der Waals surface area (Å²) in [6.07, 6.45) is 6.56. The van der Waals surface area contributed by atoms with E-state index < -0.39 is 0 Å². The van der Waals surface area contributed by atoms with Gasteiger partial charge in [0.05, 0.1) is 6.10 Å². The molecule has 0 fully saturated rings. The Bertz CT molecular complexity index is 165. The van der Waals surface area contributed by atoms with Crippen molar-refractivity contribution in [2.75, 3.05) is 0 Å². The molecule has 0 saturated carbocycles. The van der Waals surface area contributed by atoms with Crippen molar-refractivity contribution in [3.8, 4) is 0 Å². The summed E-state index contributed by atoms with van der Waals surface area (Å²) >= 11 is 0. The minimum absolute atomic E-state index is 0.141. The molecule has 0 aromatic carbocycles. The van der Waals surface area contributed by atoms with Crippen LogP contribution in [0.2, 0.25) is 0 Å². The second-order valence-electron chi connectivity index (χ2n) is 3.01. The monoisotopic (exact) mass is 170 g/mol. The van der Waals surface area contributed by atoms with Gasteiger partial charge in [-0.25, -0.2) is 0 Å². The molecule has 0 spiro atoms. The standard InChI is InChI=1S/C9H14O3/c10-7-12-9-4-2-1-3-8(11)5-6-9/h2,4,7-9,11H,1,3,5-6H2/b4-2+/t8?,9-/m0/s1. The van der Waals surface area contributed by atoms with Gasteiger partial charge in [0.2, 0.25) is 0 Å². The first-order valence-corrected chi connectivity index (χ1v) is 4.26. The Labute approximate surface area is 72.0 Å². The predicted molar refractivity (Wildman–Crippen MR) is 44.6 cm³/mol. The van der Waals surface area contributed by atoms with Crippen molar-refractivity contribution >= 4 is 6.47 Å². The Morgan fingerprint density at radius 1 is 1.42 bits per heavy atom. The molecule has 0 amide bonds. The van der Waals surface area contributed by atoms with Gasteiger partial charge in [0.1, 0.15) is 6.10 Å². The number of carbonyl (C=O) groups is 1. The maximum atomic E-state index is 10.0. The number of ether oxygens (including phenoxy) is 1. The molecule has 0 heterocycles. The predicted octanol–water partition coefficient (Wildman–Crippen LogP) is 1.02. The van der Waals surface area contributed by atoms with Crippen LogP contribution >= 0.6 is 0 Å². The molecule has 68 valence electrons. The molecular formula is C9H14O3. The Balaban J connectivity index is 2.41. The van der Waals surface area contributed by atoms with Crippen LogP contribution in [0.3, 0.4) is 0 Å². The van der Waals surface area contributed by atoms with Gasteiger partial charge in [0, 0.05) is 0 Å². The van der Waals surface area contributed by atoms with Gasteiger partial charge in [0.15, 0.2) is 0 Å². The zero-order valence-electron chi connectivity index (χ0n) is 6.98. The molecule has 2 atom stereocenters. The fourth-order valence-corrected chi connectivity index (χ4v) is 1.32. The molecule has 0 aromatic heterocycles. The molecule has 0 aromatic rings. The van der Waals surface area contributed by atoms with Crippen LogP contribution in [-0.2, 0) is 9.53 Å². The largest absolute Gasteiger partial charge is 0.460 e. The van der Waals surface area contributed by atoms with Crippen LogP contribution in [0.4, 0.5) is 0 Å². The summed E-state index contributed by atoms with van der Waals surface area (Å²) in [6, 6.07) is 0. The van der Waals surface area contributed by atoms with E-state index in [4.69, 9.17) is 4.74 Å². The van der Waals surface area contributed by atoms with Crippen molar-refractivity contribution in [2.45, 2.75) is 37.9 Å². The van der Waals surface area contributed by atoms with Gasteiger partial charge in [-0.2, -0.15) is 0 Å². The Morgan fingerprint density at radius 2 is 2.25 bits per heavy atom.